The molecule has 2 aromatic heterocycles. The van der Waals surface area contributed by atoms with Crippen molar-refractivity contribution in [2.45, 2.75) is 80.6 Å². The van der Waals surface area contributed by atoms with E-state index >= 15 is 0 Å². The van der Waals surface area contributed by atoms with Gasteiger partial charge in [0.25, 0.3) is 0 Å². The van der Waals surface area contributed by atoms with Gasteiger partial charge >= 0.3 is 18.3 Å². The van der Waals surface area contributed by atoms with Gasteiger partial charge in [-0.15, -0.1) is 0 Å². The van der Waals surface area contributed by atoms with E-state index in [1.165, 1.54) is 18.2 Å². The van der Waals surface area contributed by atoms with E-state index in [0.717, 1.165) is 10.9 Å². The number of carbonyl (C=O) groups is 2. The number of alkyl halides is 6. The van der Waals surface area contributed by atoms with Crippen LogP contribution in [0.1, 0.15) is 19.0 Å². The van der Waals surface area contributed by atoms with Crippen molar-refractivity contribution >= 4 is 41.0 Å². The maximum Gasteiger partial charge on any atom is 0.490 e. The molecule has 0 spiro atoms. The van der Waals surface area contributed by atoms with Crippen molar-refractivity contribution in [2.75, 3.05) is 19.8 Å². The van der Waals surface area contributed by atoms with Crippen LogP contribution < -0.4 is 11.5 Å². The first-order valence-corrected chi connectivity index (χ1v) is 14.4. The number of primary amides is 1. The van der Waals surface area contributed by atoms with Gasteiger partial charge in [-0.3, -0.25) is 14.4 Å². The van der Waals surface area contributed by atoms with Crippen molar-refractivity contribution in [2.24, 2.45) is 16.5 Å². The van der Waals surface area contributed by atoms with Crippen molar-refractivity contribution in [3.8, 4) is 0 Å². The number of ether oxygens (including phenoxy) is 3. The summed E-state index contributed by atoms with van der Waals surface area (Å²) in [5, 5.41) is 56.6. The number of hydrogen-bond donors (Lipinski definition) is 8. The van der Waals surface area contributed by atoms with Gasteiger partial charge in [0.2, 0.25) is 11.7 Å². The summed E-state index contributed by atoms with van der Waals surface area (Å²) < 4.78 is 87.0. The van der Waals surface area contributed by atoms with Crippen molar-refractivity contribution in [3.05, 3.63) is 17.3 Å². The average molecular weight is 757 g/mol. The highest BCUT2D eigenvalue weighted by molar-refractivity contribution is 6.33. The number of esters is 1. The lowest BCUT2D eigenvalue weighted by Gasteiger charge is -2.30. The molecule has 5 heterocycles. The number of aliphatic hydroxyl groups is 6. The first-order valence-electron chi connectivity index (χ1n) is 14.0. The quantitative estimate of drug-likeness (QED) is 0.0835. The van der Waals surface area contributed by atoms with E-state index in [1.807, 2.05) is 0 Å². The molecule has 19 nitrogen and oxygen atoms in total. The standard InChI is InChI=1S/C11H10ClF3N4O4.C9H16N4O5.C4H5F3O2/c12-7-4-8(18-10(17-7)11(13,14)15)19(2-16-4)9-6(22)5(21)3(1-20)23-9;10-7-4(8(11)17)12-2-13(7)9-6(16)5(15)3(1-14)18-9;1-2-9-3(8)4(5,6)7/h2-3,5-6,9,20-22H,1H2;2-7,9,14-16H,1,10H2,(H2,11,17);2H2,1H3/t3-,5-,6-,9?;3-,4?,5-,6-,7?,9?;/m11./s1. The van der Waals surface area contributed by atoms with E-state index in [-0.39, 0.29) is 17.8 Å². The molecule has 1 amide bonds. The van der Waals surface area contributed by atoms with Gasteiger partial charge in [-0.05, 0) is 6.92 Å². The Morgan fingerprint density at radius 2 is 1.50 bits per heavy atom. The Morgan fingerprint density at radius 3 is 1.92 bits per heavy atom. The van der Waals surface area contributed by atoms with E-state index in [1.54, 1.807) is 0 Å². The third-order valence-corrected chi connectivity index (χ3v) is 7.33. The number of aliphatic imine (C=N–C) groups is 1. The van der Waals surface area contributed by atoms with Gasteiger partial charge in [-0.1, -0.05) is 11.6 Å². The first-order chi connectivity index (χ1) is 23.2. The zero-order valence-corrected chi connectivity index (χ0v) is 26.0. The third kappa shape index (κ3) is 8.85. The van der Waals surface area contributed by atoms with Crippen LogP contribution >= 0.6 is 11.6 Å². The first kappa shape index (κ1) is 40.9. The molecular formula is C24H31ClF6N8O11. The number of nitrogens with zero attached hydrogens (tertiary/aromatic N) is 6. The molecule has 0 aromatic carbocycles. The van der Waals surface area contributed by atoms with E-state index in [4.69, 9.17) is 42.8 Å². The number of nitrogens with two attached hydrogens (primary N) is 2. The molecule has 3 aliphatic heterocycles. The van der Waals surface area contributed by atoms with Gasteiger partial charge in [0, 0.05) is 0 Å². The highest BCUT2D eigenvalue weighted by Gasteiger charge is 2.49. The second kappa shape index (κ2) is 16.2. The van der Waals surface area contributed by atoms with Gasteiger partial charge in [0.05, 0.1) is 32.5 Å². The number of fused-ring (bicyclic) bond motifs is 1. The van der Waals surface area contributed by atoms with Gasteiger partial charge in [-0.2, -0.15) is 26.3 Å². The maximum absolute atomic E-state index is 12.8. The molecule has 2 saturated heterocycles. The molecule has 26 heteroatoms. The smallest absolute Gasteiger partial charge is 0.459 e. The van der Waals surface area contributed by atoms with E-state index < -0.39 is 110 Å². The maximum atomic E-state index is 12.8. The number of hydrogen-bond acceptors (Lipinski definition) is 17. The summed E-state index contributed by atoms with van der Waals surface area (Å²) >= 11 is 5.69. The van der Waals surface area contributed by atoms with Crippen LogP contribution in [0.2, 0.25) is 5.15 Å². The summed E-state index contributed by atoms with van der Waals surface area (Å²) in [4.78, 5) is 36.2. The Morgan fingerprint density at radius 1 is 0.960 bits per heavy atom. The molecule has 0 bridgehead atoms. The highest BCUT2D eigenvalue weighted by Crippen LogP contribution is 2.34. The molecule has 5 rings (SSSR count). The number of halogens is 7. The Hall–Kier alpha value is -3.53. The number of carbonyl (C=O) groups excluding carboxylic acids is 2. The lowest BCUT2D eigenvalue weighted by atomic mass is 10.1. The van der Waals surface area contributed by atoms with Crippen molar-refractivity contribution in [1.29, 1.82) is 0 Å². The largest absolute Gasteiger partial charge is 0.490 e. The van der Waals surface area contributed by atoms with Crippen LogP contribution in [0.25, 0.3) is 11.2 Å². The van der Waals surface area contributed by atoms with Gasteiger partial charge in [0.1, 0.15) is 48.3 Å². The number of amides is 1. The van der Waals surface area contributed by atoms with Crippen LogP contribution in [0.15, 0.2) is 11.3 Å². The number of rotatable bonds is 6. The molecule has 0 radical (unpaired) electrons. The van der Waals surface area contributed by atoms with Crippen molar-refractivity contribution in [1.82, 2.24) is 24.4 Å². The lowest BCUT2D eigenvalue weighted by molar-refractivity contribution is -0.199. The van der Waals surface area contributed by atoms with Crippen LogP contribution in [0.3, 0.4) is 0 Å². The number of aromatic nitrogens is 4. The van der Waals surface area contributed by atoms with Gasteiger partial charge in [-0.25, -0.2) is 19.7 Å². The van der Waals surface area contributed by atoms with Crippen LogP contribution in [0.4, 0.5) is 26.3 Å². The molecule has 0 aliphatic carbocycles. The number of aliphatic hydroxyl groups excluding tert-OH is 6. The zero-order valence-electron chi connectivity index (χ0n) is 25.3. The van der Waals surface area contributed by atoms with Gasteiger partial charge < -0.3 is 61.2 Å². The van der Waals surface area contributed by atoms with Crippen molar-refractivity contribution in [3.63, 3.8) is 0 Å². The fourth-order valence-corrected chi connectivity index (χ4v) is 4.81. The molecule has 4 unspecified atom stereocenters. The fourth-order valence-electron chi connectivity index (χ4n) is 4.60. The van der Waals surface area contributed by atoms with E-state index in [2.05, 4.69) is 24.7 Å². The van der Waals surface area contributed by atoms with E-state index in [9.17, 15) is 56.4 Å². The predicted octanol–water partition coefficient (Wildman–Crippen LogP) is -2.87. The average Bonchev–Trinajstić information content (AvgIpc) is 3.78. The van der Waals surface area contributed by atoms with Crippen LogP contribution in [0, 0.1) is 0 Å². The summed E-state index contributed by atoms with van der Waals surface area (Å²) in [5.41, 5.74) is 10.4. The van der Waals surface area contributed by atoms with Crippen molar-refractivity contribution < 1.29 is 80.8 Å². The van der Waals surface area contributed by atoms with Crippen LogP contribution in [-0.2, 0) is 30.0 Å². The monoisotopic (exact) mass is 756 g/mol. The predicted molar refractivity (Wildman–Crippen MR) is 150 cm³/mol. The second-order valence-corrected chi connectivity index (χ2v) is 10.7. The summed E-state index contributed by atoms with van der Waals surface area (Å²) in [6.07, 6.45) is -17.9. The molecule has 282 valence electrons. The van der Waals surface area contributed by atoms with Crippen LogP contribution in [0.5, 0.6) is 0 Å². The van der Waals surface area contributed by atoms with Crippen LogP contribution in [-0.4, -0.2) is 154 Å². The van der Waals surface area contributed by atoms with Gasteiger partial charge in [0.15, 0.2) is 29.3 Å². The Balaban J connectivity index is 0.000000223. The topological polar surface area (TPSA) is 294 Å². The second-order valence-electron chi connectivity index (χ2n) is 10.4. The Bertz CT molecular complexity index is 1520. The van der Waals surface area contributed by atoms with E-state index in [0.29, 0.717) is 0 Å². The normalized spacial score (nSPS) is 30.9. The number of imidazole rings is 1. The molecule has 2 fully saturated rings. The minimum absolute atomic E-state index is 0.114. The SMILES string of the molecule is CCOC(=O)C(F)(F)F.NC(=O)C1N=CN(C2O[C@H](CO)[C@@H](O)[C@H]2O)C1N.OC[C@H]1OC(n2cnc3c(Cl)nc(C(F)(F)F)nc32)[C@H](O)[C@@H]1O. The molecule has 10 atom stereocenters. The molecular weight excluding hydrogens is 726 g/mol. The Labute approximate surface area is 280 Å². The summed E-state index contributed by atoms with van der Waals surface area (Å²) in [6.45, 7) is 0.0427. The fraction of sp³-hybridized carbons (Fsp3) is 0.667. The lowest BCUT2D eigenvalue weighted by Crippen LogP contribution is -2.55. The third-order valence-electron chi connectivity index (χ3n) is 7.06. The summed E-state index contributed by atoms with van der Waals surface area (Å²) in [5.74, 6) is -4.29. The minimum Gasteiger partial charge on any atom is -0.459 e. The summed E-state index contributed by atoms with van der Waals surface area (Å²) in [7, 11) is 0. The molecule has 10 N–H and O–H groups in total. The zero-order chi connectivity index (χ0) is 37.9. The molecule has 3 aliphatic rings. The molecule has 2 aromatic rings. The molecule has 0 saturated carbocycles. The highest BCUT2D eigenvalue weighted by atomic mass is 35.5. The summed E-state index contributed by atoms with van der Waals surface area (Å²) in [6, 6.07) is -0.925. The minimum atomic E-state index is -4.85. The molecule has 50 heavy (non-hydrogen) atoms. The Kier molecular flexibility index (Phi) is 13.3.